The molecule has 13 heavy (non-hydrogen) atoms. The molecular weight excluding hydrogens is 180 g/mol. The number of thiol groups is 1. The van der Waals surface area contributed by atoms with Crippen LogP contribution in [0.25, 0.3) is 0 Å². The second-order valence-electron chi connectivity index (χ2n) is 4.12. The Bertz CT molecular complexity index is 141. The van der Waals surface area contributed by atoms with Crippen LogP contribution in [0.3, 0.4) is 0 Å². The van der Waals surface area contributed by atoms with E-state index in [4.69, 9.17) is 0 Å². The number of hydrogen-bond donors (Lipinski definition) is 1. The van der Waals surface area contributed by atoms with Crippen molar-refractivity contribution in [2.45, 2.75) is 25.3 Å². The number of rotatable bonds is 5. The van der Waals surface area contributed by atoms with Crippen LogP contribution >= 0.6 is 12.6 Å². The third kappa shape index (κ3) is 3.88. The molecule has 1 saturated heterocycles. The van der Waals surface area contributed by atoms with E-state index in [1.54, 1.807) is 0 Å². The Morgan fingerprint density at radius 3 is 2.85 bits per heavy atom. The standard InChI is InChI=1S/C10H22N2S/c1-11(6-4-8-13)9-10-5-3-7-12(10)2/h10,13H,3-9H2,1-2H3. The van der Waals surface area contributed by atoms with Gasteiger partial charge in [0, 0.05) is 12.6 Å². The first-order chi connectivity index (χ1) is 6.24. The van der Waals surface area contributed by atoms with Gasteiger partial charge in [-0.15, -0.1) is 0 Å². The molecule has 1 aliphatic heterocycles. The maximum Gasteiger partial charge on any atom is 0.0220 e. The molecule has 0 bridgehead atoms. The van der Waals surface area contributed by atoms with Crippen molar-refractivity contribution < 1.29 is 0 Å². The SMILES string of the molecule is CN(CCCS)CC1CCCN1C. The van der Waals surface area contributed by atoms with Gasteiger partial charge in [-0.25, -0.2) is 0 Å². The van der Waals surface area contributed by atoms with Gasteiger partial charge in [0.05, 0.1) is 0 Å². The van der Waals surface area contributed by atoms with Crippen molar-refractivity contribution in [1.29, 1.82) is 0 Å². The second kappa shape index (κ2) is 5.89. The molecule has 0 aromatic carbocycles. The first-order valence-corrected chi connectivity index (χ1v) is 5.87. The minimum Gasteiger partial charge on any atom is -0.305 e. The fourth-order valence-corrected chi connectivity index (χ4v) is 2.14. The summed E-state index contributed by atoms with van der Waals surface area (Å²) in [6.07, 6.45) is 3.96. The molecule has 0 aromatic rings. The van der Waals surface area contributed by atoms with Gasteiger partial charge >= 0.3 is 0 Å². The Balaban J connectivity index is 2.15. The molecule has 78 valence electrons. The Morgan fingerprint density at radius 2 is 2.31 bits per heavy atom. The first kappa shape index (κ1) is 11.3. The van der Waals surface area contributed by atoms with E-state index in [1.807, 2.05) is 0 Å². The van der Waals surface area contributed by atoms with Gasteiger partial charge in [0.15, 0.2) is 0 Å². The monoisotopic (exact) mass is 202 g/mol. The predicted octanol–water partition coefficient (Wildman–Crippen LogP) is 1.33. The minimum absolute atomic E-state index is 0.796. The summed E-state index contributed by atoms with van der Waals surface area (Å²) in [4.78, 5) is 4.92. The van der Waals surface area contributed by atoms with Crippen molar-refractivity contribution in [2.75, 3.05) is 39.5 Å². The van der Waals surface area contributed by atoms with Gasteiger partial charge in [-0.2, -0.15) is 12.6 Å². The first-order valence-electron chi connectivity index (χ1n) is 5.23. The Labute approximate surface area is 87.7 Å². The van der Waals surface area contributed by atoms with Crippen LogP contribution in [-0.2, 0) is 0 Å². The molecule has 1 unspecified atom stereocenters. The van der Waals surface area contributed by atoms with Crippen LogP contribution < -0.4 is 0 Å². The van der Waals surface area contributed by atoms with Gasteiger partial charge in [-0.1, -0.05) is 0 Å². The number of nitrogens with zero attached hydrogens (tertiary/aromatic N) is 2. The third-order valence-corrected chi connectivity index (χ3v) is 3.21. The van der Waals surface area contributed by atoms with E-state index in [0.717, 1.165) is 11.8 Å². The highest BCUT2D eigenvalue weighted by molar-refractivity contribution is 7.80. The van der Waals surface area contributed by atoms with Crippen molar-refractivity contribution >= 4 is 12.6 Å². The summed E-state index contributed by atoms with van der Waals surface area (Å²) in [5.74, 6) is 1.00. The van der Waals surface area contributed by atoms with Crippen molar-refractivity contribution in [2.24, 2.45) is 0 Å². The van der Waals surface area contributed by atoms with E-state index >= 15 is 0 Å². The van der Waals surface area contributed by atoms with E-state index < -0.39 is 0 Å². The molecule has 0 aromatic heterocycles. The minimum atomic E-state index is 0.796. The van der Waals surface area contributed by atoms with Gasteiger partial charge in [-0.05, 0) is 52.2 Å². The molecule has 1 atom stereocenters. The van der Waals surface area contributed by atoms with E-state index in [0.29, 0.717) is 0 Å². The van der Waals surface area contributed by atoms with Crippen LogP contribution in [0.15, 0.2) is 0 Å². The molecule has 1 rings (SSSR count). The van der Waals surface area contributed by atoms with Crippen LogP contribution in [0, 0.1) is 0 Å². The zero-order chi connectivity index (χ0) is 9.68. The highest BCUT2D eigenvalue weighted by Gasteiger charge is 2.21. The normalized spacial score (nSPS) is 24.5. The zero-order valence-corrected chi connectivity index (χ0v) is 9.76. The Hall–Kier alpha value is 0.270. The summed E-state index contributed by atoms with van der Waals surface area (Å²) in [7, 11) is 4.46. The molecule has 1 aliphatic rings. The topological polar surface area (TPSA) is 6.48 Å². The van der Waals surface area contributed by atoms with Gasteiger partial charge in [-0.3, -0.25) is 0 Å². The molecule has 0 amide bonds. The largest absolute Gasteiger partial charge is 0.305 e. The van der Waals surface area contributed by atoms with E-state index in [-0.39, 0.29) is 0 Å². The average molecular weight is 202 g/mol. The number of likely N-dealkylation sites (N-methyl/N-ethyl adjacent to an activating group) is 2. The van der Waals surface area contributed by atoms with Gasteiger partial charge in [0.1, 0.15) is 0 Å². The second-order valence-corrected chi connectivity index (χ2v) is 4.56. The Kier molecular flexibility index (Phi) is 5.14. The van der Waals surface area contributed by atoms with E-state index in [2.05, 4.69) is 36.5 Å². The lowest BCUT2D eigenvalue weighted by Crippen LogP contribution is -2.37. The molecule has 2 nitrogen and oxygen atoms in total. The fraction of sp³-hybridized carbons (Fsp3) is 1.00. The van der Waals surface area contributed by atoms with E-state index in [1.165, 1.54) is 38.9 Å². The fourth-order valence-electron chi connectivity index (χ4n) is 2.00. The molecule has 1 heterocycles. The molecule has 0 aliphatic carbocycles. The summed E-state index contributed by atoms with van der Waals surface area (Å²) in [5, 5.41) is 0. The van der Waals surface area contributed by atoms with Crippen molar-refractivity contribution in [3.63, 3.8) is 0 Å². The molecule has 0 saturated carbocycles. The summed E-state index contributed by atoms with van der Waals surface area (Å²) >= 11 is 4.22. The summed E-state index contributed by atoms with van der Waals surface area (Å²) in [6, 6.07) is 0.796. The van der Waals surface area contributed by atoms with Gasteiger partial charge in [0.2, 0.25) is 0 Å². The lowest BCUT2D eigenvalue weighted by atomic mass is 10.2. The van der Waals surface area contributed by atoms with Crippen LogP contribution in [0.4, 0.5) is 0 Å². The lowest BCUT2D eigenvalue weighted by Gasteiger charge is -2.25. The Morgan fingerprint density at radius 1 is 1.54 bits per heavy atom. The average Bonchev–Trinajstić information content (AvgIpc) is 2.48. The van der Waals surface area contributed by atoms with Crippen molar-refractivity contribution in [1.82, 2.24) is 9.80 Å². The molecule has 3 heteroatoms. The quantitative estimate of drug-likeness (QED) is 0.672. The van der Waals surface area contributed by atoms with Crippen molar-refractivity contribution in [3.05, 3.63) is 0 Å². The number of likely N-dealkylation sites (tertiary alicyclic amines) is 1. The summed E-state index contributed by atoms with van der Waals surface area (Å²) in [6.45, 7) is 3.70. The molecule has 0 radical (unpaired) electrons. The highest BCUT2D eigenvalue weighted by atomic mass is 32.1. The molecule has 0 N–H and O–H groups in total. The van der Waals surface area contributed by atoms with E-state index in [9.17, 15) is 0 Å². The van der Waals surface area contributed by atoms with Crippen LogP contribution in [-0.4, -0.2) is 55.3 Å². The molecule has 1 fully saturated rings. The van der Waals surface area contributed by atoms with Crippen LogP contribution in [0.5, 0.6) is 0 Å². The predicted molar refractivity (Wildman–Crippen MR) is 61.6 cm³/mol. The van der Waals surface area contributed by atoms with Gasteiger partial charge in [0.25, 0.3) is 0 Å². The molecular formula is C10H22N2S. The van der Waals surface area contributed by atoms with Crippen LogP contribution in [0.2, 0.25) is 0 Å². The maximum absolute atomic E-state index is 4.22. The smallest absolute Gasteiger partial charge is 0.0220 e. The summed E-state index contributed by atoms with van der Waals surface area (Å²) < 4.78 is 0. The molecule has 0 spiro atoms. The van der Waals surface area contributed by atoms with Gasteiger partial charge < -0.3 is 9.80 Å². The number of hydrogen-bond acceptors (Lipinski definition) is 3. The maximum atomic E-state index is 4.22. The lowest BCUT2D eigenvalue weighted by molar-refractivity contribution is 0.221. The van der Waals surface area contributed by atoms with Crippen molar-refractivity contribution in [3.8, 4) is 0 Å². The van der Waals surface area contributed by atoms with Crippen LogP contribution in [0.1, 0.15) is 19.3 Å². The zero-order valence-electron chi connectivity index (χ0n) is 8.87. The third-order valence-electron chi connectivity index (χ3n) is 2.89. The highest BCUT2D eigenvalue weighted by Crippen LogP contribution is 2.15. The summed E-state index contributed by atoms with van der Waals surface area (Å²) in [5.41, 5.74) is 0.